The van der Waals surface area contributed by atoms with Gasteiger partial charge in [-0.15, -0.1) is 0 Å². The van der Waals surface area contributed by atoms with Gasteiger partial charge in [-0.05, 0) is 48.6 Å². The van der Waals surface area contributed by atoms with Gasteiger partial charge in [-0.1, -0.05) is 18.2 Å². The lowest BCUT2D eigenvalue weighted by atomic mass is 10.2. The number of anilines is 1. The Morgan fingerprint density at radius 2 is 1.80 bits per heavy atom. The first-order chi connectivity index (χ1) is 14.6. The summed E-state index contributed by atoms with van der Waals surface area (Å²) in [4.78, 5) is 14.4. The number of nitrogens with one attached hydrogen (secondary N) is 3. The van der Waals surface area contributed by atoms with Crippen molar-refractivity contribution in [1.29, 1.82) is 0 Å². The van der Waals surface area contributed by atoms with Crippen LogP contribution in [-0.2, 0) is 4.74 Å². The molecule has 0 spiro atoms. The summed E-state index contributed by atoms with van der Waals surface area (Å²) in [5, 5.41) is 13.4. The number of amides is 1. The van der Waals surface area contributed by atoms with Crippen LogP contribution in [0.3, 0.4) is 0 Å². The van der Waals surface area contributed by atoms with Gasteiger partial charge >= 0.3 is 0 Å². The van der Waals surface area contributed by atoms with Crippen LogP contribution in [0, 0.1) is 0 Å². The van der Waals surface area contributed by atoms with Crippen LogP contribution in [0.2, 0.25) is 0 Å². The first-order valence-electron chi connectivity index (χ1n) is 9.73. The smallest absolute Gasteiger partial charge is 0.269 e. The summed E-state index contributed by atoms with van der Waals surface area (Å²) in [5.74, 6) is 0.257. The normalized spacial score (nSPS) is 15.1. The number of β-amino-alcohol motifs (C(OH)–C–C–N with tert-alkyl or cyclic N) is 1. The number of para-hydroxylation sites is 1. The molecule has 3 rings (SSSR count). The Morgan fingerprint density at radius 3 is 2.50 bits per heavy atom. The molecule has 1 atom stereocenters. The number of hydrogen-bond acceptors (Lipinski definition) is 6. The van der Waals surface area contributed by atoms with Gasteiger partial charge in [0.2, 0.25) is 0 Å². The van der Waals surface area contributed by atoms with E-state index in [1.165, 1.54) is 0 Å². The van der Waals surface area contributed by atoms with E-state index in [-0.39, 0.29) is 17.6 Å². The molecule has 0 saturated carbocycles. The van der Waals surface area contributed by atoms with E-state index >= 15 is 0 Å². The summed E-state index contributed by atoms with van der Waals surface area (Å²) < 4.78 is 10.9. The third-order valence-electron chi connectivity index (χ3n) is 4.45. The minimum atomic E-state index is -0.589. The predicted molar refractivity (Wildman–Crippen MR) is 118 cm³/mol. The predicted octanol–water partition coefficient (Wildman–Crippen LogP) is 1.39. The number of aliphatic hydroxyl groups is 1. The van der Waals surface area contributed by atoms with Crippen molar-refractivity contribution < 1.29 is 19.4 Å². The summed E-state index contributed by atoms with van der Waals surface area (Å²) >= 11 is 5.15. The summed E-state index contributed by atoms with van der Waals surface area (Å²) in [6.07, 6.45) is -0.589. The molecular formula is C21H26N4O4S. The maximum atomic E-state index is 12.2. The third kappa shape index (κ3) is 7.27. The van der Waals surface area contributed by atoms with Crippen molar-refractivity contribution in [2.75, 3.05) is 44.8 Å². The highest BCUT2D eigenvalue weighted by atomic mass is 32.1. The summed E-state index contributed by atoms with van der Waals surface area (Å²) in [7, 11) is 0. The zero-order valence-electron chi connectivity index (χ0n) is 16.5. The van der Waals surface area contributed by atoms with Gasteiger partial charge in [-0.25, -0.2) is 0 Å². The van der Waals surface area contributed by atoms with Crippen LogP contribution in [0.5, 0.6) is 5.75 Å². The number of ether oxygens (including phenoxy) is 2. The highest BCUT2D eigenvalue weighted by Crippen LogP contribution is 2.13. The average molecular weight is 431 g/mol. The van der Waals surface area contributed by atoms with Crippen molar-refractivity contribution >= 4 is 28.9 Å². The number of hydrazine groups is 1. The summed E-state index contributed by atoms with van der Waals surface area (Å²) in [6, 6.07) is 16.1. The van der Waals surface area contributed by atoms with Gasteiger partial charge in [0.15, 0.2) is 5.11 Å². The zero-order valence-corrected chi connectivity index (χ0v) is 17.4. The molecule has 0 aliphatic carbocycles. The molecule has 0 unspecified atom stereocenters. The minimum absolute atomic E-state index is 0.184. The topological polar surface area (TPSA) is 95.1 Å². The highest BCUT2D eigenvalue weighted by molar-refractivity contribution is 7.80. The molecule has 30 heavy (non-hydrogen) atoms. The molecule has 1 saturated heterocycles. The average Bonchev–Trinajstić information content (AvgIpc) is 2.78. The molecule has 4 N–H and O–H groups in total. The minimum Gasteiger partial charge on any atom is -0.491 e. The van der Waals surface area contributed by atoms with Crippen molar-refractivity contribution in [2.24, 2.45) is 0 Å². The Bertz CT molecular complexity index is 814. The van der Waals surface area contributed by atoms with Crippen LogP contribution >= 0.6 is 12.2 Å². The Labute approximate surface area is 181 Å². The molecule has 2 aromatic carbocycles. The molecule has 1 amide bonds. The molecule has 0 radical (unpaired) electrons. The Hall–Kier alpha value is -2.72. The second kappa shape index (κ2) is 11.5. The fourth-order valence-electron chi connectivity index (χ4n) is 2.90. The van der Waals surface area contributed by atoms with Gasteiger partial charge in [0.25, 0.3) is 5.91 Å². The van der Waals surface area contributed by atoms with Gasteiger partial charge < -0.3 is 19.9 Å². The molecule has 160 valence electrons. The van der Waals surface area contributed by atoms with Crippen molar-refractivity contribution in [3.63, 3.8) is 0 Å². The second-order valence-corrected chi connectivity index (χ2v) is 7.21. The van der Waals surface area contributed by atoms with Gasteiger partial charge in [0.1, 0.15) is 18.5 Å². The fourth-order valence-corrected chi connectivity index (χ4v) is 3.07. The van der Waals surface area contributed by atoms with Crippen LogP contribution < -0.4 is 20.9 Å². The maximum Gasteiger partial charge on any atom is 0.269 e. The largest absolute Gasteiger partial charge is 0.491 e. The first-order valence-corrected chi connectivity index (χ1v) is 10.1. The third-order valence-corrected chi connectivity index (χ3v) is 4.66. The molecule has 1 fully saturated rings. The molecule has 0 aromatic heterocycles. The Kier molecular flexibility index (Phi) is 8.40. The number of aliphatic hydroxyl groups excluding tert-OH is 1. The number of thiocarbonyl (C=S) groups is 1. The SMILES string of the molecule is O=C(NNC(=S)Nc1ccccc1)c1ccc(OC[C@@H](O)CN2CCOCC2)cc1. The summed E-state index contributed by atoms with van der Waals surface area (Å²) in [6.45, 7) is 3.76. The molecule has 8 nitrogen and oxygen atoms in total. The van der Waals surface area contributed by atoms with Crippen LogP contribution in [0.15, 0.2) is 54.6 Å². The van der Waals surface area contributed by atoms with Crippen molar-refractivity contribution in [3.8, 4) is 5.75 Å². The molecule has 1 heterocycles. The van der Waals surface area contributed by atoms with Crippen LogP contribution in [0.4, 0.5) is 5.69 Å². The van der Waals surface area contributed by atoms with E-state index in [2.05, 4.69) is 21.1 Å². The first kappa shape index (κ1) is 22.0. The van der Waals surface area contributed by atoms with Gasteiger partial charge in [-0.2, -0.15) is 0 Å². The maximum absolute atomic E-state index is 12.2. The number of carbonyl (C=O) groups is 1. The van der Waals surface area contributed by atoms with Crippen LogP contribution in [0.25, 0.3) is 0 Å². The van der Waals surface area contributed by atoms with Crippen LogP contribution in [0.1, 0.15) is 10.4 Å². The fraction of sp³-hybridized carbons (Fsp3) is 0.333. The molecule has 2 aromatic rings. The Balaban J connectivity index is 1.38. The molecular weight excluding hydrogens is 404 g/mol. The van der Waals surface area contributed by atoms with Gasteiger partial charge in [0, 0.05) is 30.9 Å². The monoisotopic (exact) mass is 430 g/mol. The molecule has 0 bridgehead atoms. The number of rotatable bonds is 7. The van der Waals surface area contributed by atoms with Crippen molar-refractivity contribution in [1.82, 2.24) is 15.8 Å². The number of hydrogen-bond donors (Lipinski definition) is 4. The number of benzene rings is 2. The van der Waals surface area contributed by atoms with E-state index in [9.17, 15) is 9.90 Å². The molecule has 1 aliphatic rings. The Morgan fingerprint density at radius 1 is 1.10 bits per heavy atom. The second-order valence-electron chi connectivity index (χ2n) is 6.80. The number of nitrogens with zero attached hydrogens (tertiary/aromatic N) is 1. The van der Waals surface area contributed by atoms with Gasteiger partial charge in [-0.3, -0.25) is 20.5 Å². The molecule has 1 aliphatic heterocycles. The lowest BCUT2D eigenvalue weighted by Crippen LogP contribution is -2.43. The van der Waals surface area contributed by atoms with Gasteiger partial charge in [0.05, 0.1) is 13.2 Å². The van der Waals surface area contributed by atoms with E-state index < -0.39 is 6.10 Å². The van der Waals surface area contributed by atoms with E-state index in [1.54, 1.807) is 24.3 Å². The van der Waals surface area contributed by atoms with E-state index in [1.807, 2.05) is 30.3 Å². The lowest BCUT2D eigenvalue weighted by Gasteiger charge is -2.28. The summed E-state index contributed by atoms with van der Waals surface area (Å²) in [5.41, 5.74) is 6.48. The lowest BCUT2D eigenvalue weighted by molar-refractivity contribution is 0.00465. The zero-order chi connectivity index (χ0) is 21.2. The van der Waals surface area contributed by atoms with E-state index in [0.717, 1.165) is 18.8 Å². The number of carbonyl (C=O) groups excluding carboxylic acids is 1. The van der Waals surface area contributed by atoms with Crippen molar-refractivity contribution in [3.05, 3.63) is 60.2 Å². The quantitative estimate of drug-likeness (QED) is 0.387. The highest BCUT2D eigenvalue weighted by Gasteiger charge is 2.15. The molecule has 9 heteroatoms. The van der Waals surface area contributed by atoms with Crippen LogP contribution in [-0.4, -0.2) is 66.6 Å². The standard InChI is InChI=1S/C21H26N4O4S/c26-18(14-25-10-12-28-13-11-25)15-29-19-8-6-16(7-9-19)20(27)23-24-21(30)22-17-4-2-1-3-5-17/h1-9,18,26H,10-15H2,(H,23,27)(H2,22,24,30)/t18-/m0/s1. The van der Waals surface area contributed by atoms with E-state index in [4.69, 9.17) is 21.7 Å². The van der Waals surface area contributed by atoms with E-state index in [0.29, 0.717) is 31.1 Å². The van der Waals surface area contributed by atoms with Crippen molar-refractivity contribution in [2.45, 2.75) is 6.10 Å². The number of morpholine rings is 1.